The zero-order chi connectivity index (χ0) is 23.9. The summed E-state index contributed by atoms with van der Waals surface area (Å²) in [6, 6.07) is 54.3. The van der Waals surface area contributed by atoms with Crippen molar-refractivity contribution < 1.29 is 32.7 Å². The molecular formula is C36H22Y-2. The molecule has 171 valence electrons. The average molecular weight is 543 g/mol. The smallest absolute Gasteiger partial charge is 0 e. The van der Waals surface area contributed by atoms with Gasteiger partial charge in [0.05, 0.1) is 0 Å². The first-order chi connectivity index (χ1) is 17.9. The molecule has 0 atom stereocenters. The van der Waals surface area contributed by atoms with Crippen LogP contribution in [0.2, 0.25) is 0 Å². The number of rotatable bonds is 3. The van der Waals surface area contributed by atoms with Crippen LogP contribution < -0.4 is 0 Å². The van der Waals surface area contributed by atoms with Crippen molar-refractivity contribution in [3.05, 3.63) is 146 Å². The summed E-state index contributed by atoms with van der Waals surface area (Å²) in [5.41, 5.74) is 7.11. The molecule has 0 heterocycles. The Morgan fingerprint density at radius 2 is 0.973 bits per heavy atom. The van der Waals surface area contributed by atoms with Gasteiger partial charge < -0.3 is 0 Å². The molecule has 0 aliphatic heterocycles. The predicted molar refractivity (Wildman–Crippen MR) is 153 cm³/mol. The van der Waals surface area contributed by atoms with E-state index in [1.165, 1.54) is 54.6 Å². The van der Waals surface area contributed by atoms with Crippen LogP contribution in [0.5, 0.6) is 0 Å². The van der Waals surface area contributed by atoms with Gasteiger partial charge in [-0.3, -0.25) is 0 Å². The molecule has 0 aliphatic rings. The van der Waals surface area contributed by atoms with Gasteiger partial charge >= 0.3 is 0 Å². The molecule has 1 radical (unpaired) electrons. The standard InChI is InChI=1S/C36H22.Y/c1-2-11-25(12-3-1)26-21-23-28(24-22-26)35-31-16-6-8-18-33(31)36(34-19-9-7-17-32(34)35)30-20-10-14-27-13-4-5-15-29(27)30;/h1-11,13-21,23-24H;/q-2;. The first kappa shape index (κ1) is 23.8. The minimum Gasteiger partial charge on any atom is -0.226 e. The van der Waals surface area contributed by atoms with Crippen LogP contribution in [-0.4, -0.2) is 0 Å². The zero-order valence-electron chi connectivity index (χ0n) is 20.3. The quantitative estimate of drug-likeness (QED) is 0.154. The molecule has 7 aromatic carbocycles. The third-order valence-electron chi connectivity index (χ3n) is 7.09. The second-order valence-electron chi connectivity index (χ2n) is 9.14. The zero-order valence-corrected chi connectivity index (χ0v) is 23.1. The van der Waals surface area contributed by atoms with Gasteiger partial charge in [-0.1, -0.05) is 96.6 Å². The Labute approximate surface area is 242 Å². The normalized spacial score (nSPS) is 11.0. The number of hydrogen-bond acceptors (Lipinski definition) is 0. The molecule has 7 rings (SSSR count). The fraction of sp³-hybridized carbons (Fsp3) is 0. The van der Waals surface area contributed by atoms with E-state index in [1.54, 1.807) is 0 Å². The molecule has 0 spiro atoms. The largest absolute Gasteiger partial charge is 0.226 e. The molecule has 0 aliphatic carbocycles. The van der Waals surface area contributed by atoms with E-state index < -0.39 is 0 Å². The Balaban J connectivity index is 0.00000252. The van der Waals surface area contributed by atoms with Gasteiger partial charge in [-0.05, 0) is 49.0 Å². The van der Waals surface area contributed by atoms with Gasteiger partial charge in [-0.25, -0.2) is 11.1 Å². The Kier molecular flexibility index (Phi) is 6.47. The number of hydrogen-bond donors (Lipinski definition) is 0. The first-order valence-corrected chi connectivity index (χ1v) is 12.3. The molecule has 0 nitrogen and oxygen atoms in total. The van der Waals surface area contributed by atoms with Crippen molar-refractivity contribution in [3.63, 3.8) is 0 Å². The molecule has 37 heavy (non-hydrogen) atoms. The van der Waals surface area contributed by atoms with Crippen molar-refractivity contribution in [3.8, 4) is 33.4 Å². The fourth-order valence-corrected chi connectivity index (χ4v) is 5.48. The summed E-state index contributed by atoms with van der Waals surface area (Å²) in [4.78, 5) is 0. The molecule has 0 amide bonds. The molecule has 0 N–H and O–H groups in total. The van der Waals surface area contributed by atoms with Crippen molar-refractivity contribution in [1.82, 2.24) is 0 Å². The molecule has 0 bridgehead atoms. The minimum atomic E-state index is 0. The topological polar surface area (TPSA) is 0 Å². The van der Waals surface area contributed by atoms with Gasteiger partial charge in [0.15, 0.2) is 0 Å². The molecule has 0 unspecified atom stereocenters. The number of fused-ring (bicyclic) bond motifs is 3. The second kappa shape index (κ2) is 10.1. The molecule has 0 saturated heterocycles. The van der Waals surface area contributed by atoms with Crippen molar-refractivity contribution in [2.24, 2.45) is 0 Å². The molecule has 0 saturated carbocycles. The van der Waals surface area contributed by atoms with E-state index in [9.17, 15) is 0 Å². The van der Waals surface area contributed by atoms with Crippen LogP contribution in [0.15, 0.2) is 133 Å². The van der Waals surface area contributed by atoms with Crippen molar-refractivity contribution >= 4 is 32.3 Å². The van der Waals surface area contributed by atoms with Crippen LogP contribution in [-0.2, 0) is 32.7 Å². The predicted octanol–water partition coefficient (Wildman–Crippen LogP) is 9.75. The van der Waals surface area contributed by atoms with Gasteiger partial charge in [-0.2, -0.15) is 36.4 Å². The van der Waals surface area contributed by atoms with E-state index in [4.69, 9.17) is 0 Å². The van der Waals surface area contributed by atoms with Gasteiger partial charge in [0, 0.05) is 32.7 Å². The maximum atomic E-state index is 3.52. The summed E-state index contributed by atoms with van der Waals surface area (Å²) in [5.74, 6) is 0. The van der Waals surface area contributed by atoms with Crippen LogP contribution in [0, 0.1) is 12.1 Å². The Hall–Kier alpha value is -3.58. The summed E-state index contributed by atoms with van der Waals surface area (Å²) in [7, 11) is 0. The monoisotopic (exact) mass is 543 g/mol. The molecule has 0 fully saturated rings. The summed E-state index contributed by atoms with van der Waals surface area (Å²) in [6.07, 6.45) is 0. The summed E-state index contributed by atoms with van der Waals surface area (Å²) in [6.45, 7) is 0. The van der Waals surface area contributed by atoms with Gasteiger partial charge in [-0.15, -0.1) is 18.2 Å². The first-order valence-electron chi connectivity index (χ1n) is 12.3. The Bertz CT molecular complexity index is 1800. The van der Waals surface area contributed by atoms with E-state index in [0.717, 1.165) is 11.1 Å². The Morgan fingerprint density at radius 1 is 0.405 bits per heavy atom. The van der Waals surface area contributed by atoms with E-state index >= 15 is 0 Å². The maximum absolute atomic E-state index is 3.52. The van der Waals surface area contributed by atoms with Crippen LogP contribution >= 0.6 is 0 Å². The van der Waals surface area contributed by atoms with E-state index in [2.05, 4.69) is 127 Å². The maximum Gasteiger partial charge on any atom is 0 e. The van der Waals surface area contributed by atoms with Crippen molar-refractivity contribution in [1.29, 1.82) is 0 Å². The van der Waals surface area contributed by atoms with Gasteiger partial charge in [0.2, 0.25) is 0 Å². The van der Waals surface area contributed by atoms with Crippen LogP contribution in [0.3, 0.4) is 0 Å². The van der Waals surface area contributed by atoms with E-state index in [-0.39, 0.29) is 32.7 Å². The van der Waals surface area contributed by atoms with Crippen LogP contribution in [0.25, 0.3) is 65.7 Å². The number of benzene rings is 7. The molecule has 1 heteroatoms. The van der Waals surface area contributed by atoms with Crippen molar-refractivity contribution in [2.75, 3.05) is 0 Å². The van der Waals surface area contributed by atoms with Crippen LogP contribution in [0.1, 0.15) is 0 Å². The summed E-state index contributed by atoms with van der Waals surface area (Å²) >= 11 is 0. The average Bonchev–Trinajstić information content (AvgIpc) is 2.96. The summed E-state index contributed by atoms with van der Waals surface area (Å²) < 4.78 is 0. The van der Waals surface area contributed by atoms with E-state index in [0.29, 0.717) is 0 Å². The SMILES string of the molecule is [Y].[c-]1ccccc1-c1[c-]cc(-c2c3ccccc3c(-c3cccc4ccccc34)c3ccccc23)cc1. The van der Waals surface area contributed by atoms with Crippen LogP contribution in [0.4, 0.5) is 0 Å². The van der Waals surface area contributed by atoms with E-state index in [1.807, 2.05) is 18.2 Å². The molecular weight excluding hydrogens is 521 g/mol. The molecule has 0 aromatic heterocycles. The third kappa shape index (κ3) is 4.11. The van der Waals surface area contributed by atoms with Gasteiger partial charge in [0.1, 0.15) is 0 Å². The van der Waals surface area contributed by atoms with Gasteiger partial charge in [0.25, 0.3) is 0 Å². The minimum absolute atomic E-state index is 0. The second-order valence-corrected chi connectivity index (χ2v) is 9.14. The molecule has 7 aromatic rings. The van der Waals surface area contributed by atoms with Crippen molar-refractivity contribution in [2.45, 2.75) is 0 Å². The fourth-order valence-electron chi connectivity index (χ4n) is 5.48. The summed E-state index contributed by atoms with van der Waals surface area (Å²) in [5, 5.41) is 7.58. The third-order valence-corrected chi connectivity index (χ3v) is 7.09. The Morgan fingerprint density at radius 3 is 1.59 bits per heavy atom.